The van der Waals surface area contributed by atoms with Crippen molar-refractivity contribution in [2.24, 2.45) is 0 Å². The van der Waals surface area contributed by atoms with E-state index in [1.54, 1.807) is 0 Å². The highest BCUT2D eigenvalue weighted by molar-refractivity contribution is 7.81. The van der Waals surface area contributed by atoms with E-state index in [0.29, 0.717) is 23.2 Å². The van der Waals surface area contributed by atoms with E-state index in [1.807, 2.05) is 19.0 Å². The predicted octanol–water partition coefficient (Wildman–Crippen LogP) is 1.51. The molecule has 0 saturated carbocycles. The fourth-order valence-electron chi connectivity index (χ4n) is 2.45. The minimum absolute atomic E-state index is 0.399. The second-order valence-corrected chi connectivity index (χ2v) is 6.56. The van der Waals surface area contributed by atoms with Crippen LogP contribution < -0.4 is 5.32 Å². The summed E-state index contributed by atoms with van der Waals surface area (Å²) >= 11 is 10.8. The lowest BCUT2D eigenvalue weighted by atomic mass is 10.1. The van der Waals surface area contributed by atoms with Gasteiger partial charge in [-0.15, -0.1) is 0 Å². The van der Waals surface area contributed by atoms with E-state index in [0.717, 1.165) is 18.2 Å². The number of hydrogen-bond acceptors (Lipinski definition) is 3. The third-order valence-electron chi connectivity index (χ3n) is 3.53. The van der Waals surface area contributed by atoms with Crippen molar-refractivity contribution >= 4 is 34.7 Å². The summed E-state index contributed by atoms with van der Waals surface area (Å²) in [5, 5.41) is 4.55. The molecule has 4 nitrogen and oxygen atoms in total. The normalized spacial score (nSPS) is 24.5. The van der Waals surface area contributed by atoms with Crippen LogP contribution in [0, 0.1) is 0 Å². The minimum Gasteiger partial charge on any atom is -0.355 e. The van der Waals surface area contributed by atoms with Gasteiger partial charge in [0.1, 0.15) is 0 Å². The monoisotopic (exact) mass is 302 g/mol. The molecule has 0 aromatic carbocycles. The Balaban J connectivity index is 2.68. The summed E-state index contributed by atoms with van der Waals surface area (Å²) in [6.45, 7) is 11.0. The van der Waals surface area contributed by atoms with Crippen LogP contribution in [0.15, 0.2) is 0 Å². The van der Waals surface area contributed by atoms with Crippen LogP contribution in [-0.2, 0) is 0 Å². The lowest BCUT2D eigenvalue weighted by Crippen LogP contribution is -2.62. The molecule has 0 spiro atoms. The molecule has 2 unspecified atom stereocenters. The predicted molar refractivity (Wildman–Crippen MR) is 89.5 cm³/mol. The Labute approximate surface area is 128 Å². The quantitative estimate of drug-likeness (QED) is 0.736. The SMILES string of the molecule is CC(C)N1CC(C)N(C(=S)NC(=S)N(C)C)C(C)C1. The minimum atomic E-state index is 0.399. The Morgan fingerprint density at radius 2 is 1.63 bits per heavy atom. The first-order valence-corrected chi connectivity index (χ1v) is 7.60. The van der Waals surface area contributed by atoms with Crippen molar-refractivity contribution in [3.63, 3.8) is 0 Å². The molecule has 0 aromatic rings. The topological polar surface area (TPSA) is 21.8 Å². The van der Waals surface area contributed by atoms with E-state index < -0.39 is 0 Å². The maximum Gasteiger partial charge on any atom is 0.175 e. The van der Waals surface area contributed by atoms with Gasteiger partial charge in [-0.05, 0) is 52.1 Å². The van der Waals surface area contributed by atoms with Crippen LogP contribution in [0.25, 0.3) is 0 Å². The molecule has 1 N–H and O–H groups in total. The van der Waals surface area contributed by atoms with E-state index >= 15 is 0 Å². The molecule has 0 aromatic heterocycles. The number of piperazine rings is 1. The van der Waals surface area contributed by atoms with Crippen molar-refractivity contribution in [2.45, 2.75) is 45.8 Å². The first kappa shape index (κ1) is 16.6. The number of rotatable bonds is 1. The van der Waals surface area contributed by atoms with Crippen molar-refractivity contribution in [1.29, 1.82) is 0 Å². The Morgan fingerprint density at radius 1 is 1.16 bits per heavy atom. The standard InChI is InChI=1S/C13H26N4S2/c1-9(2)16-7-10(3)17(11(4)8-16)13(19)14-12(18)15(5)6/h9-11H,7-8H2,1-6H3,(H,14,18,19). The van der Waals surface area contributed by atoms with E-state index in [2.05, 4.69) is 42.8 Å². The highest BCUT2D eigenvalue weighted by Gasteiger charge is 2.32. The van der Waals surface area contributed by atoms with Gasteiger partial charge in [-0.25, -0.2) is 0 Å². The summed E-state index contributed by atoms with van der Waals surface area (Å²) in [5.41, 5.74) is 0. The Hall–Kier alpha value is -0.460. The van der Waals surface area contributed by atoms with Crippen molar-refractivity contribution in [3.8, 4) is 0 Å². The first-order valence-electron chi connectivity index (χ1n) is 6.78. The lowest BCUT2D eigenvalue weighted by Gasteiger charge is -2.47. The third-order valence-corrected chi connectivity index (χ3v) is 4.31. The third kappa shape index (κ3) is 4.26. The molecule has 0 amide bonds. The number of hydrogen-bond donors (Lipinski definition) is 1. The van der Waals surface area contributed by atoms with Gasteiger partial charge in [-0.2, -0.15) is 0 Å². The second kappa shape index (κ2) is 6.81. The molecule has 1 aliphatic rings. The molecule has 0 aliphatic carbocycles. The van der Waals surface area contributed by atoms with Crippen LogP contribution >= 0.6 is 24.4 Å². The molecule has 19 heavy (non-hydrogen) atoms. The Kier molecular flexibility index (Phi) is 5.95. The largest absolute Gasteiger partial charge is 0.355 e. The van der Waals surface area contributed by atoms with Gasteiger partial charge < -0.3 is 15.1 Å². The molecule has 1 fully saturated rings. The number of nitrogens with one attached hydrogen (secondary N) is 1. The van der Waals surface area contributed by atoms with Gasteiger partial charge in [0, 0.05) is 45.3 Å². The van der Waals surface area contributed by atoms with Crippen LogP contribution in [0.1, 0.15) is 27.7 Å². The summed E-state index contributed by atoms with van der Waals surface area (Å²) in [5.74, 6) is 0. The van der Waals surface area contributed by atoms with Gasteiger partial charge in [-0.1, -0.05) is 0 Å². The summed E-state index contributed by atoms with van der Waals surface area (Å²) < 4.78 is 0. The smallest absolute Gasteiger partial charge is 0.175 e. The van der Waals surface area contributed by atoms with Crippen LogP contribution in [-0.4, -0.2) is 70.2 Å². The molecule has 1 heterocycles. The highest BCUT2D eigenvalue weighted by atomic mass is 32.1. The van der Waals surface area contributed by atoms with Gasteiger partial charge in [0.05, 0.1) is 0 Å². The van der Waals surface area contributed by atoms with E-state index in [-0.39, 0.29) is 0 Å². The van der Waals surface area contributed by atoms with Gasteiger partial charge >= 0.3 is 0 Å². The Bertz CT molecular complexity index is 332. The van der Waals surface area contributed by atoms with Crippen LogP contribution in [0.5, 0.6) is 0 Å². The fourth-order valence-corrected chi connectivity index (χ4v) is 3.07. The van der Waals surface area contributed by atoms with Gasteiger partial charge in [0.25, 0.3) is 0 Å². The van der Waals surface area contributed by atoms with E-state index in [1.165, 1.54) is 0 Å². The zero-order valence-corrected chi connectivity index (χ0v) is 14.4. The maximum absolute atomic E-state index is 5.51. The summed E-state index contributed by atoms with van der Waals surface area (Å²) in [7, 11) is 3.84. The van der Waals surface area contributed by atoms with Gasteiger partial charge in [0.2, 0.25) is 0 Å². The average Bonchev–Trinajstić information content (AvgIpc) is 2.27. The van der Waals surface area contributed by atoms with Crippen LogP contribution in [0.4, 0.5) is 0 Å². The number of nitrogens with zero attached hydrogens (tertiary/aromatic N) is 3. The molecule has 1 aliphatic heterocycles. The summed E-state index contributed by atoms with van der Waals surface area (Å²) in [6, 6.07) is 1.38. The zero-order chi connectivity index (χ0) is 14.7. The second-order valence-electron chi connectivity index (χ2n) is 5.78. The lowest BCUT2D eigenvalue weighted by molar-refractivity contribution is 0.0708. The van der Waals surface area contributed by atoms with Gasteiger partial charge in [0.15, 0.2) is 10.2 Å². The first-order chi connectivity index (χ1) is 8.73. The molecular formula is C13H26N4S2. The van der Waals surface area contributed by atoms with Crippen LogP contribution in [0.2, 0.25) is 0 Å². The van der Waals surface area contributed by atoms with Crippen molar-refractivity contribution < 1.29 is 0 Å². The maximum atomic E-state index is 5.51. The molecule has 1 rings (SSSR count). The molecular weight excluding hydrogens is 276 g/mol. The van der Waals surface area contributed by atoms with Gasteiger partial charge in [-0.3, -0.25) is 4.90 Å². The average molecular weight is 303 g/mol. The summed E-state index contributed by atoms with van der Waals surface area (Å²) in [6.07, 6.45) is 0. The highest BCUT2D eigenvalue weighted by Crippen LogP contribution is 2.17. The fraction of sp³-hybridized carbons (Fsp3) is 0.846. The molecule has 6 heteroatoms. The Morgan fingerprint density at radius 3 is 2.00 bits per heavy atom. The van der Waals surface area contributed by atoms with Crippen LogP contribution in [0.3, 0.4) is 0 Å². The molecule has 0 bridgehead atoms. The zero-order valence-electron chi connectivity index (χ0n) is 12.8. The summed E-state index contributed by atoms with van der Waals surface area (Å²) in [4.78, 5) is 6.63. The molecule has 110 valence electrons. The molecule has 1 saturated heterocycles. The van der Waals surface area contributed by atoms with Crippen molar-refractivity contribution in [3.05, 3.63) is 0 Å². The number of thiocarbonyl (C=S) groups is 2. The van der Waals surface area contributed by atoms with Crippen molar-refractivity contribution in [2.75, 3.05) is 27.2 Å². The van der Waals surface area contributed by atoms with Crippen molar-refractivity contribution in [1.82, 2.24) is 20.0 Å². The molecule has 2 atom stereocenters. The van der Waals surface area contributed by atoms with E-state index in [4.69, 9.17) is 24.4 Å². The van der Waals surface area contributed by atoms with E-state index in [9.17, 15) is 0 Å². The molecule has 0 radical (unpaired) electrons.